The molecule has 1 heterocycles. The number of hydrogen-bond donors (Lipinski definition) is 0. The second kappa shape index (κ2) is 6.21. The van der Waals surface area contributed by atoms with Crippen LogP contribution < -0.4 is 9.80 Å². The van der Waals surface area contributed by atoms with Crippen LogP contribution in [0.5, 0.6) is 0 Å². The van der Waals surface area contributed by atoms with Crippen LogP contribution in [0.25, 0.3) is 0 Å². The lowest BCUT2D eigenvalue weighted by molar-refractivity contribution is 0.696. The van der Waals surface area contributed by atoms with Crippen LogP contribution >= 0.6 is 46.4 Å². The van der Waals surface area contributed by atoms with Crippen molar-refractivity contribution >= 4 is 57.8 Å². The maximum Gasteiger partial charge on any atom is 0.229 e. The van der Waals surface area contributed by atoms with Crippen molar-refractivity contribution < 1.29 is 0 Å². The van der Waals surface area contributed by atoms with Crippen molar-refractivity contribution in [3.8, 4) is 0 Å². The van der Waals surface area contributed by atoms with Crippen LogP contribution in [0, 0.1) is 0 Å². The van der Waals surface area contributed by atoms with Gasteiger partial charge in [-0.25, -0.2) is 0 Å². The van der Waals surface area contributed by atoms with E-state index in [2.05, 4.69) is 0 Å². The molecular weight excluding hydrogens is 362 g/mol. The molecule has 6 heteroatoms. The van der Waals surface area contributed by atoms with Gasteiger partial charge in [-0.2, -0.15) is 0 Å². The molecule has 1 aliphatic rings. The Labute approximate surface area is 149 Å². The maximum atomic E-state index is 6.24. The lowest BCUT2D eigenvalue weighted by Gasteiger charge is -2.37. The standard InChI is InChI=1S/C16H12Cl4N2/c17-12-6-8-14(9-7-12)22-11-10-21(15(22)16(18,19)20)13-4-2-1-3-5-13/h1-11,15H. The maximum absolute atomic E-state index is 6.24. The fourth-order valence-corrected chi connectivity index (χ4v) is 3.18. The Morgan fingerprint density at radius 3 is 1.73 bits per heavy atom. The molecule has 114 valence electrons. The lowest BCUT2D eigenvalue weighted by Crippen LogP contribution is -2.48. The van der Waals surface area contributed by atoms with Gasteiger partial charge in [-0.3, -0.25) is 0 Å². The van der Waals surface area contributed by atoms with Crippen molar-refractivity contribution in [3.63, 3.8) is 0 Å². The molecule has 0 bridgehead atoms. The highest BCUT2D eigenvalue weighted by Gasteiger charge is 2.43. The van der Waals surface area contributed by atoms with Gasteiger partial charge in [0.2, 0.25) is 3.79 Å². The monoisotopic (exact) mass is 372 g/mol. The quantitative estimate of drug-likeness (QED) is 0.610. The third-order valence-corrected chi connectivity index (χ3v) is 4.22. The average molecular weight is 374 g/mol. The minimum absolute atomic E-state index is 0.485. The van der Waals surface area contributed by atoms with Crippen molar-refractivity contribution in [1.29, 1.82) is 0 Å². The SMILES string of the molecule is Clc1ccc(N2C=CN(c3ccccc3)C2C(Cl)(Cl)Cl)cc1. The van der Waals surface area contributed by atoms with Gasteiger partial charge >= 0.3 is 0 Å². The first kappa shape index (κ1) is 15.8. The summed E-state index contributed by atoms with van der Waals surface area (Å²) >= 11 is 24.7. The smallest absolute Gasteiger partial charge is 0.229 e. The van der Waals surface area contributed by atoms with E-state index >= 15 is 0 Å². The molecule has 3 rings (SSSR count). The third-order valence-electron chi connectivity index (χ3n) is 3.39. The topological polar surface area (TPSA) is 6.48 Å². The minimum Gasteiger partial charge on any atom is -0.321 e. The zero-order valence-electron chi connectivity index (χ0n) is 11.3. The zero-order chi connectivity index (χ0) is 15.7. The van der Waals surface area contributed by atoms with Crippen molar-refractivity contribution in [3.05, 3.63) is 72.0 Å². The Kier molecular flexibility index (Phi) is 4.47. The van der Waals surface area contributed by atoms with Crippen molar-refractivity contribution in [2.45, 2.75) is 9.96 Å². The second-order valence-electron chi connectivity index (χ2n) is 4.84. The second-order valence-corrected chi connectivity index (χ2v) is 7.65. The lowest BCUT2D eigenvalue weighted by atomic mass is 10.2. The van der Waals surface area contributed by atoms with Gasteiger partial charge < -0.3 is 9.80 Å². The van der Waals surface area contributed by atoms with Crippen LogP contribution in [0.15, 0.2) is 67.0 Å². The van der Waals surface area contributed by atoms with Crippen molar-refractivity contribution in [2.75, 3.05) is 9.80 Å². The number of rotatable bonds is 2. The minimum atomic E-state index is -1.50. The van der Waals surface area contributed by atoms with Crippen LogP contribution in [0.3, 0.4) is 0 Å². The summed E-state index contributed by atoms with van der Waals surface area (Å²) in [6.45, 7) is 0. The van der Waals surface area contributed by atoms with E-state index in [1.165, 1.54) is 0 Å². The number of hydrogen-bond acceptors (Lipinski definition) is 2. The van der Waals surface area contributed by atoms with Gasteiger partial charge in [0.25, 0.3) is 0 Å². The van der Waals surface area contributed by atoms with Crippen LogP contribution in [0.1, 0.15) is 0 Å². The van der Waals surface area contributed by atoms with Crippen LogP contribution in [0.2, 0.25) is 5.02 Å². The molecule has 0 aromatic heterocycles. The summed E-state index contributed by atoms with van der Waals surface area (Å²) in [7, 11) is 0. The van der Waals surface area contributed by atoms with E-state index in [4.69, 9.17) is 46.4 Å². The van der Waals surface area contributed by atoms with Crippen molar-refractivity contribution in [1.82, 2.24) is 0 Å². The summed E-state index contributed by atoms with van der Waals surface area (Å²) in [4.78, 5) is 3.85. The molecule has 22 heavy (non-hydrogen) atoms. The molecule has 0 aliphatic carbocycles. The summed E-state index contributed by atoms with van der Waals surface area (Å²) in [5.74, 6) is 0. The molecule has 0 fully saturated rings. The van der Waals surface area contributed by atoms with Gasteiger partial charge in [0, 0.05) is 28.8 Å². The first-order valence-corrected chi connectivity index (χ1v) is 8.10. The molecule has 1 unspecified atom stereocenters. The van der Waals surface area contributed by atoms with E-state index in [0.29, 0.717) is 5.02 Å². The molecule has 0 saturated heterocycles. The Hall–Kier alpha value is -1.06. The highest BCUT2D eigenvalue weighted by molar-refractivity contribution is 6.68. The van der Waals surface area contributed by atoms with Gasteiger partial charge in [-0.1, -0.05) is 64.6 Å². The first-order chi connectivity index (χ1) is 10.5. The fraction of sp³-hybridized carbons (Fsp3) is 0.125. The van der Waals surface area contributed by atoms with E-state index in [1.807, 2.05) is 76.8 Å². The van der Waals surface area contributed by atoms with Gasteiger partial charge in [-0.05, 0) is 36.4 Å². The highest BCUT2D eigenvalue weighted by Crippen LogP contribution is 2.42. The largest absolute Gasteiger partial charge is 0.321 e. The van der Waals surface area contributed by atoms with E-state index in [0.717, 1.165) is 11.4 Å². The molecule has 1 atom stereocenters. The first-order valence-electron chi connectivity index (χ1n) is 6.59. The van der Waals surface area contributed by atoms with Gasteiger partial charge in [0.15, 0.2) is 6.17 Å². The number of anilines is 2. The molecule has 0 radical (unpaired) electrons. The molecular formula is C16H12Cl4N2. The molecule has 2 nitrogen and oxygen atoms in total. The van der Waals surface area contributed by atoms with Gasteiger partial charge in [0.05, 0.1) is 0 Å². The normalized spacial score (nSPS) is 18.1. The molecule has 2 aromatic carbocycles. The van der Waals surface area contributed by atoms with Gasteiger partial charge in [-0.15, -0.1) is 0 Å². The number of benzene rings is 2. The predicted octanol–water partition coefficient (Wildman–Crippen LogP) is 5.83. The van der Waals surface area contributed by atoms with E-state index in [-0.39, 0.29) is 0 Å². The Bertz CT molecular complexity index is 665. The fourth-order valence-electron chi connectivity index (χ4n) is 2.42. The molecule has 0 amide bonds. The Balaban J connectivity index is 1.99. The summed E-state index contributed by atoms with van der Waals surface area (Å²) < 4.78 is -1.50. The molecule has 0 N–H and O–H groups in total. The van der Waals surface area contributed by atoms with E-state index in [9.17, 15) is 0 Å². The van der Waals surface area contributed by atoms with E-state index in [1.54, 1.807) is 0 Å². The van der Waals surface area contributed by atoms with Crippen LogP contribution in [-0.2, 0) is 0 Å². The van der Waals surface area contributed by atoms with E-state index < -0.39 is 9.96 Å². The third kappa shape index (κ3) is 3.16. The summed E-state index contributed by atoms with van der Waals surface area (Å²) in [5.41, 5.74) is 1.85. The van der Waals surface area contributed by atoms with Crippen LogP contribution in [-0.4, -0.2) is 9.96 Å². The summed E-state index contributed by atoms with van der Waals surface area (Å²) in [5, 5.41) is 0.664. The number of alkyl halides is 3. The summed E-state index contributed by atoms with van der Waals surface area (Å²) in [6.07, 6.45) is 3.31. The zero-order valence-corrected chi connectivity index (χ0v) is 14.4. The number of nitrogens with zero attached hydrogens (tertiary/aromatic N) is 2. The Morgan fingerprint density at radius 1 is 0.727 bits per heavy atom. The molecule has 0 saturated carbocycles. The average Bonchev–Trinajstić information content (AvgIpc) is 2.94. The molecule has 0 spiro atoms. The summed E-state index contributed by atoms with van der Waals surface area (Å²) in [6, 6.07) is 17.2. The number of para-hydroxylation sites is 1. The van der Waals surface area contributed by atoms with Gasteiger partial charge in [0.1, 0.15) is 0 Å². The molecule has 2 aromatic rings. The highest BCUT2D eigenvalue weighted by atomic mass is 35.6. The Morgan fingerprint density at radius 2 is 1.23 bits per heavy atom. The van der Waals surface area contributed by atoms with Crippen molar-refractivity contribution in [2.24, 2.45) is 0 Å². The predicted molar refractivity (Wildman–Crippen MR) is 96.1 cm³/mol. The number of halogens is 4. The van der Waals surface area contributed by atoms with Crippen LogP contribution in [0.4, 0.5) is 11.4 Å². The molecule has 1 aliphatic heterocycles.